The van der Waals surface area contributed by atoms with Gasteiger partial charge in [0.2, 0.25) is 5.91 Å². The molecule has 4 heteroatoms. The zero-order chi connectivity index (χ0) is 16.6. The van der Waals surface area contributed by atoms with Gasteiger partial charge in [0.25, 0.3) is 0 Å². The van der Waals surface area contributed by atoms with Crippen molar-refractivity contribution in [2.24, 2.45) is 5.41 Å². The second kappa shape index (κ2) is 6.22. The van der Waals surface area contributed by atoms with Crippen LogP contribution in [0.15, 0.2) is 24.3 Å². The van der Waals surface area contributed by atoms with Crippen molar-refractivity contribution in [2.45, 2.75) is 51.1 Å². The molecule has 126 valence electrons. The Balaban J connectivity index is 1.34. The van der Waals surface area contributed by atoms with Crippen LogP contribution in [0.4, 0.5) is 0 Å². The van der Waals surface area contributed by atoms with Crippen LogP contribution in [0, 0.1) is 16.7 Å². The van der Waals surface area contributed by atoms with Gasteiger partial charge in [0.05, 0.1) is 11.6 Å². The fourth-order valence-corrected chi connectivity index (χ4v) is 4.30. The molecule has 1 amide bonds. The first-order chi connectivity index (χ1) is 11.7. The number of nitrogens with zero attached hydrogens (tertiary/aromatic N) is 3. The van der Waals surface area contributed by atoms with E-state index in [2.05, 4.69) is 28.0 Å². The molecule has 1 aromatic rings. The summed E-state index contributed by atoms with van der Waals surface area (Å²) in [6.45, 7) is 4.20. The topological polar surface area (TPSA) is 47.3 Å². The molecular formula is C20H25N3O. The smallest absolute Gasteiger partial charge is 0.222 e. The summed E-state index contributed by atoms with van der Waals surface area (Å²) in [5, 5.41) is 8.89. The maximum atomic E-state index is 12.2. The lowest BCUT2D eigenvalue weighted by molar-refractivity contribution is -0.139. The highest BCUT2D eigenvalue weighted by Gasteiger charge is 2.44. The molecule has 4 rings (SSSR count). The van der Waals surface area contributed by atoms with Crippen molar-refractivity contribution in [3.8, 4) is 6.07 Å². The van der Waals surface area contributed by atoms with Crippen molar-refractivity contribution >= 4 is 5.91 Å². The SMILES string of the molecule is N#Cc1ccc(CN2CCC3(CCC(=O)N(C4CC4)C3)CC2)cc1. The van der Waals surface area contributed by atoms with Gasteiger partial charge in [-0.2, -0.15) is 5.26 Å². The van der Waals surface area contributed by atoms with Gasteiger partial charge < -0.3 is 4.90 Å². The van der Waals surface area contributed by atoms with Gasteiger partial charge >= 0.3 is 0 Å². The van der Waals surface area contributed by atoms with E-state index in [1.807, 2.05) is 12.1 Å². The van der Waals surface area contributed by atoms with Crippen LogP contribution in [0.5, 0.6) is 0 Å². The number of amides is 1. The number of piperidine rings is 2. The largest absolute Gasteiger partial charge is 0.339 e. The Morgan fingerprint density at radius 3 is 2.46 bits per heavy atom. The highest BCUT2D eigenvalue weighted by atomic mass is 16.2. The van der Waals surface area contributed by atoms with Crippen LogP contribution < -0.4 is 0 Å². The van der Waals surface area contributed by atoms with Crippen molar-refractivity contribution in [3.05, 3.63) is 35.4 Å². The van der Waals surface area contributed by atoms with Crippen molar-refractivity contribution in [2.75, 3.05) is 19.6 Å². The van der Waals surface area contributed by atoms with E-state index in [9.17, 15) is 4.79 Å². The number of benzene rings is 1. The summed E-state index contributed by atoms with van der Waals surface area (Å²) in [4.78, 5) is 16.9. The van der Waals surface area contributed by atoms with Gasteiger partial charge in [-0.3, -0.25) is 9.69 Å². The number of hydrogen-bond donors (Lipinski definition) is 0. The monoisotopic (exact) mass is 323 g/mol. The first kappa shape index (κ1) is 15.7. The molecule has 0 atom stereocenters. The zero-order valence-corrected chi connectivity index (χ0v) is 14.2. The van der Waals surface area contributed by atoms with Gasteiger partial charge in [-0.25, -0.2) is 0 Å². The van der Waals surface area contributed by atoms with Gasteiger partial charge in [0.15, 0.2) is 0 Å². The van der Waals surface area contributed by atoms with E-state index in [1.165, 1.54) is 31.2 Å². The van der Waals surface area contributed by atoms with Crippen LogP contribution in [0.1, 0.15) is 49.7 Å². The normalized spacial score (nSPS) is 24.1. The van der Waals surface area contributed by atoms with Gasteiger partial charge in [0.1, 0.15) is 0 Å². The molecule has 1 saturated carbocycles. The first-order valence-corrected chi connectivity index (χ1v) is 9.18. The van der Waals surface area contributed by atoms with E-state index in [-0.39, 0.29) is 0 Å². The van der Waals surface area contributed by atoms with Gasteiger partial charge in [-0.1, -0.05) is 12.1 Å². The molecule has 0 unspecified atom stereocenters. The number of hydrogen-bond acceptors (Lipinski definition) is 3. The molecule has 1 spiro atoms. The summed E-state index contributed by atoms with van der Waals surface area (Å²) in [6, 6.07) is 10.7. The highest BCUT2D eigenvalue weighted by molar-refractivity contribution is 5.77. The second-order valence-corrected chi connectivity index (χ2v) is 7.84. The lowest BCUT2D eigenvalue weighted by Crippen LogP contribution is -2.52. The molecule has 0 N–H and O–H groups in total. The van der Waals surface area contributed by atoms with Crippen LogP contribution in [0.3, 0.4) is 0 Å². The summed E-state index contributed by atoms with van der Waals surface area (Å²) >= 11 is 0. The summed E-state index contributed by atoms with van der Waals surface area (Å²) in [7, 11) is 0. The molecule has 4 nitrogen and oxygen atoms in total. The Labute approximate surface area is 144 Å². The average Bonchev–Trinajstić information content (AvgIpc) is 3.45. The van der Waals surface area contributed by atoms with Crippen LogP contribution in [-0.2, 0) is 11.3 Å². The quantitative estimate of drug-likeness (QED) is 0.859. The summed E-state index contributed by atoms with van der Waals surface area (Å²) in [5.74, 6) is 0.392. The van der Waals surface area contributed by atoms with Crippen LogP contribution >= 0.6 is 0 Å². The molecule has 3 fully saturated rings. The van der Waals surface area contributed by atoms with Crippen molar-refractivity contribution in [1.29, 1.82) is 5.26 Å². The van der Waals surface area contributed by atoms with Crippen molar-refractivity contribution < 1.29 is 4.79 Å². The molecule has 0 aromatic heterocycles. The number of carbonyl (C=O) groups excluding carboxylic acids is 1. The third-order valence-corrected chi connectivity index (χ3v) is 6.09. The Morgan fingerprint density at radius 2 is 1.83 bits per heavy atom. The van der Waals surface area contributed by atoms with Crippen LogP contribution in [-0.4, -0.2) is 41.4 Å². The number of carbonyl (C=O) groups is 1. The maximum absolute atomic E-state index is 12.2. The van der Waals surface area contributed by atoms with Crippen molar-refractivity contribution in [1.82, 2.24) is 9.80 Å². The predicted molar refractivity (Wildman–Crippen MR) is 92.1 cm³/mol. The molecule has 3 aliphatic rings. The lowest BCUT2D eigenvalue weighted by atomic mass is 9.72. The minimum absolute atomic E-state index is 0.373. The zero-order valence-electron chi connectivity index (χ0n) is 14.2. The molecule has 1 aromatic carbocycles. The number of likely N-dealkylation sites (tertiary alicyclic amines) is 2. The standard InChI is InChI=1S/C20H25N3O/c21-13-16-1-3-17(4-2-16)14-22-11-9-20(10-12-22)8-7-19(24)23(15-20)18-5-6-18/h1-4,18H,5-12,14-15H2. The van der Waals surface area contributed by atoms with E-state index in [1.54, 1.807) is 0 Å². The Morgan fingerprint density at radius 1 is 1.12 bits per heavy atom. The van der Waals surface area contributed by atoms with E-state index in [0.29, 0.717) is 17.4 Å². The average molecular weight is 323 g/mol. The molecular weight excluding hydrogens is 298 g/mol. The van der Waals surface area contributed by atoms with Crippen LogP contribution in [0.25, 0.3) is 0 Å². The third kappa shape index (κ3) is 3.18. The maximum Gasteiger partial charge on any atom is 0.222 e. The molecule has 1 aliphatic carbocycles. The second-order valence-electron chi connectivity index (χ2n) is 7.84. The molecule has 24 heavy (non-hydrogen) atoms. The van der Waals surface area contributed by atoms with Gasteiger partial charge in [-0.15, -0.1) is 0 Å². The molecule has 2 heterocycles. The first-order valence-electron chi connectivity index (χ1n) is 9.18. The lowest BCUT2D eigenvalue weighted by Gasteiger charge is -2.47. The number of nitriles is 1. The van der Waals surface area contributed by atoms with E-state index >= 15 is 0 Å². The summed E-state index contributed by atoms with van der Waals surface area (Å²) < 4.78 is 0. The summed E-state index contributed by atoms with van der Waals surface area (Å²) in [6.07, 6.45) is 6.69. The van der Waals surface area contributed by atoms with Gasteiger partial charge in [0, 0.05) is 25.6 Å². The van der Waals surface area contributed by atoms with Gasteiger partial charge in [-0.05, 0) is 68.3 Å². The molecule has 2 aliphatic heterocycles. The highest BCUT2D eigenvalue weighted by Crippen LogP contribution is 2.43. The Hall–Kier alpha value is -1.86. The molecule has 2 saturated heterocycles. The summed E-state index contributed by atoms with van der Waals surface area (Å²) in [5.41, 5.74) is 2.38. The fraction of sp³-hybridized carbons (Fsp3) is 0.600. The number of rotatable bonds is 3. The Kier molecular flexibility index (Phi) is 4.05. The van der Waals surface area contributed by atoms with E-state index in [4.69, 9.17) is 5.26 Å². The van der Waals surface area contributed by atoms with Crippen LogP contribution in [0.2, 0.25) is 0 Å². The van der Waals surface area contributed by atoms with E-state index in [0.717, 1.165) is 44.6 Å². The molecule has 0 radical (unpaired) electrons. The fourth-order valence-electron chi connectivity index (χ4n) is 4.30. The van der Waals surface area contributed by atoms with E-state index < -0.39 is 0 Å². The minimum Gasteiger partial charge on any atom is -0.339 e. The minimum atomic E-state index is 0.373. The third-order valence-electron chi connectivity index (χ3n) is 6.09. The molecule has 0 bridgehead atoms. The van der Waals surface area contributed by atoms with Crippen molar-refractivity contribution in [3.63, 3.8) is 0 Å². The predicted octanol–water partition coefficient (Wildman–Crippen LogP) is 2.93. The Bertz CT molecular complexity index is 648.